The molecule has 2 fully saturated rings. The minimum absolute atomic E-state index is 0.0667. The highest BCUT2D eigenvalue weighted by Gasteiger charge is 2.23. The maximum Gasteiger partial charge on any atom is 0.106 e. The van der Waals surface area contributed by atoms with Gasteiger partial charge in [-0.15, -0.1) is 0 Å². The summed E-state index contributed by atoms with van der Waals surface area (Å²) in [6.07, 6.45) is 9.63. The van der Waals surface area contributed by atoms with E-state index in [1.807, 2.05) is 0 Å². The number of hydrogen-bond acceptors (Lipinski definition) is 2. The van der Waals surface area contributed by atoms with Crippen LogP contribution in [0.3, 0.4) is 0 Å². The van der Waals surface area contributed by atoms with Crippen molar-refractivity contribution in [2.24, 2.45) is 5.92 Å². The van der Waals surface area contributed by atoms with E-state index in [2.05, 4.69) is 62.4 Å². The van der Waals surface area contributed by atoms with Crippen LogP contribution in [0.25, 0.3) is 11.1 Å². The Morgan fingerprint density at radius 2 is 1.34 bits per heavy atom. The average molecular weight is 393 g/mol. The number of ether oxygens (including phenoxy) is 2. The van der Waals surface area contributed by atoms with E-state index in [9.17, 15) is 0 Å². The zero-order valence-corrected chi connectivity index (χ0v) is 18.1. The zero-order valence-electron chi connectivity index (χ0n) is 18.1. The predicted octanol–water partition coefficient (Wildman–Crippen LogP) is 7.29. The van der Waals surface area contributed by atoms with Gasteiger partial charge in [0.05, 0.1) is 19.3 Å². The standard InChI is InChI=1S/C27H36O2/c1-3-5-20-6-8-21(9-7-20)22-10-12-23(13-11-22)24-14-16-25(17-15-24)27-19-28-26(4-2)18-29-27/h10-17,20-21,26-27H,3-9,18-19H2,1-2H3/t20-,21-,26-,27-/m1/s1. The van der Waals surface area contributed by atoms with Gasteiger partial charge in [-0.1, -0.05) is 75.2 Å². The normalized spacial score (nSPS) is 27.7. The fraction of sp³-hybridized carbons (Fsp3) is 0.556. The van der Waals surface area contributed by atoms with Gasteiger partial charge in [0, 0.05) is 0 Å². The van der Waals surface area contributed by atoms with Crippen LogP contribution in [0.2, 0.25) is 0 Å². The van der Waals surface area contributed by atoms with E-state index in [1.54, 1.807) is 0 Å². The van der Waals surface area contributed by atoms with Crippen molar-refractivity contribution in [3.63, 3.8) is 0 Å². The molecule has 2 aliphatic rings. The maximum absolute atomic E-state index is 5.99. The van der Waals surface area contributed by atoms with Crippen LogP contribution in [0.15, 0.2) is 48.5 Å². The Morgan fingerprint density at radius 3 is 1.86 bits per heavy atom. The first kappa shape index (κ1) is 20.6. The average Bonchev–Trinajstić information content (AvgIpc) is 2.80. The van der Waals surface area contributed by atoms with Crippen LogP contribution in [-0.2, 0) is 9.47 Å². The Bertz CT molecular complexity index is 733. The van der Waals surface area contributed by atoms with Gasteiger partial charge in [-0.05, 0) is 66.2 Å². The zero-order chi connectivity index (χ0) is 20.1. The Kier molecular flexibility index (Phi) is 7.05. The molecule has 0 spiro atoms. The van der Waals surface area contributed by atoms with Crippen LogP contribution in [0.5, 0.6) is 0 Å². The summed E-state index contributed by atoms with van der Waals surface area (Å²) in [7, 11) is 0. The second kappa shape index (κ2) is 9.91. The van der Waals surface area contributed by atoms with Crippen molar-refractivity contribution in [2.45, 2.75) is 76.9 Å². The second-order valence-electron chi connectivity index (χ2n) is 8.94. The van der Waals surface area contributed by atoms with Gasteiger partial charge in [-0.3, -0.25) is 0 Å². The predicted molar refractivity (Wildman–Crippen MR) is 120 cm³/mol. The van der Waals surface area contributed by atoms with Crippen molar-refractivity contribution in [3.8, 4) is 11.1 Å². The van der Waals surface area contributed by atoms with Crippen LogP contribution < -0.4 is 0 Å². The van der Waals surface area contributed by atoms with E-state index in [1.165, 1.54) is 60.8 Å². The molecule has 1 saturated carbocycles. The molecule has 2 atom stereocenters. The third-order valence-electron chi connectivity index (χ3n) is 6.96. The molecule has 0 unspecified atom stereocenters. The van der Waals surface area contributed by atoms with Crippen LogP contribution >= 0.6 is 0 Å². The Balaban J connectivity index is 1.36. The van der Waals surface area contributed by atoms with Gasteiger partial charge in [0.15, 0.2) is 0 Å². The lowest BCUT2D eigenvalue weighted by molar-refractivity contribution is -0.135. The van der Waals surface area contributed by atoms with Crippen LogP contribution in [0, 0.1) is 5.92 Å². The van der Waals surface area contributed by atoms with Gasteiger partial charge in [-0.2, -0.15) is 0 Å². The fourth-order valence-corrected chi connectivity index (χ4v) is 5.00. The van der Waals surface area contributed by atoms with Gasteiger partial charge in [0.2, 0.25) is 0 Å². The van der Waals surface area contributed by atoms with Crippen LogP contribution in [0.1, 0.15) is 81.9 Å². The van der Waals surface area contributed by atoms with Gasteiger partial charge in [0.1, 0.15) is 6.10 Å². The van der Waals surface area contributed by atoms with Gasteiger partial charge < -0.3 is 9.47 Å². The third kappa shape index (κ3) is 5.10. The van der Waals surface area contributed by atoms with E-state index in [0.29, 0.717) is 13.2 Å². The van der Waals surface area contributed by atoms with E-state index in [4.69, 9.17) is 9.47 Å². The van der Waals surface area contributed by atoms with Gasteiger partial charge >= 0.3 is 0 Å². The number of benzene rings is 2. The fourth-order valence-electron chi connectivity index (χ4n) is 5.00. The molecular weight excluding hydrogens is 356 g/mol. The highest BCUT2D eigenvalue weighted by atomic mass is 16.6. The lowest BCUT2D eigenvalue weighted by Gasteiger charge is -2.29. The monoisotopic (exact) mass is 392 g/mol. The molecule has 2 heteroatoms. The number of rotatable bonds is 6. The first-order chi connectivity index (χ1) is 14.3. The summed E-state index contributed by atoms with van der Waals surface area (Å²) in [6, 6.07) is 18.1. The second-order valence-corrected chi connectivity index (χ2v) is 8.94. The summed E-state index contributed by atoms with van der Waals surface area (Å²) in [5.74, 6) is 1.73. The third-order valence-corrected chi connectivity index (χ3v) is 6.96. The molecule has 0 amide bonds. The van der Waals surface area contributed by atoms with E-state index in [0.717, 1.165) is 18.3 Å². The molecule has 1 heterocycles. The quantitative estimate of drug-likeness (QED) is 0.514. The lowest BCUT2D eigenvalue weighted by Crippen LogP contribution is -2.30. The molecule has 1 saturated heterocycles. The molecule has 0 N–H and O–H groups in total. The Labute approximate surface area is 176 Å². The van der Waals surface area contributed by atoms with E-state index in [-0.39, 0.29) is 12.2 Å². The molecule has 156 valence electrons. The topological polar surface area (TPSA) is 18.5 Å². The maximum atomic E-state index is 5.99. The molecule has 29 heavy (non-hydrogen) atoms. The molecule has 2 nitrogen and oxygen atoms in total. The molecule has 4 rings (SSSR count). The van der Waals surface area contributed by atoms with Gasteiger partial charge in [-0.25, -0.2) is 0 Å². The highest BCUT2D eigenvalue weighted by Crippen LogP contribution is 2.38. The largest absolute Gasteiger partial charge is 0.373 e. The summed E-state index contributed by atoms with van der Waals surface area (Å²) < 4.78 is 11.9. The van der Waals surface area contributed by atoms with Crippen molar-refractivity contribution in [2.75, 3.05) is 13.2 Å². The first-order valence-electron chi connectivity index (χ1n) is 11.7. The Morgan fingerprint density at radius 1 is 0.724 bits per heavy atom. The SMILES string of the molecule is CCC[C@H]1CC[C@H](c2ccc(-c3ccc([C@H]4CO[C@H](CC)CO4)cc3)cc2)CC1. The van der Waals surface area contributed by atoms with Crippen LogP contribution in [-0.4, -0.2) is 19.3 Å². The van der Waals surface area contributed by atoms with Crippen molar-refractivity contribution in [3.05, 3.63) is 59.7 Å². The minimum atomic E-state index is 0.0667. The molecular formula is C27H36O2. The molecule has 2 aromatic carbocycles. The van der Waals surface area contributed by atoms with Crippen molar-refractivity contribution < 1.29 is 9.47 Å². The molecule has 0 aromatic heterocycles. The van der Waals surface area contributed by atoms with Crippen molar-refractivity contribution >= 4 is 0 Å². The van der Waals surface area contributed by atoms with Crippen LogP contribution in [0.4, 0.5) is 0 Å². The lowest BCUT2D eigenvalue weighted by atomic mass is 9.77. The Hall–Kier alpha value is -1.64. The van der Waals surface area contributed by atoms with E-state index >= 15 is 0 Å². The first-order valence-corrected chi connectivity index (χ1v) is 11.7. The number of hydrogen-bond donors (Lipinski definition) is 0. The van der Waals surface area contributed by atoms with E-state index < -0.39 is 0 Å². The summed E-state index contributed by atoms with van der Waals surface area (Å²) in [5, 5.41) is 0. The summed E-state index contributed by atoms with van der Waals surface area (Å²) in [5.41, 5.74) is 5.31. The van der Waals surface area contributed by atoms with Crippen molar-refractivity contribution in [1.29, 1.82) is 0 Å². The smallest absolute Gasteiger partial charge is 0.106 e. The summed E-state index contributed by atoms with van der Waals surface area (Å²) in [6.45, 7) is 5.82. The molecule has 1 aliphatic carbocycles. The molecule has 0 radical (unpaired) electrons. The molecule has 1 aliphatic heterocycles. The minimum Gasteiger partial charge on any atom is -0.373 e. The molecule has 0 bridgehead atoms. The van der Waals surface area contributed by atoms with Gasteiger partial charge in [0.25, 0.3) is 0 Å². The highest BCUT2D eigenvalue weighted by molar-refractivity contribution is 5.64. The van der Waals surface area contributed by atoms with Crippen molar-refractivity contribution in [1.82, 2.24) is 0 Å². The summed E-state index contributed by atoms with van der Waals surface area (Å²) >= 11 is 0. The summed E-state index contributed by atoms with van der Waals surface area (Å²) in [4.78, 5) is 0. The molecule has 2 aromatic rings.